The Bertz CT molecular complexity index is 646. The van der Waals surface area contributed by atoms with Crippen molar-refractivity contribution in [3.8, 4) is 0 Å². The largest absolute Gasteiger partial charge is 0.334 e. The van der Waals surface area contributed by atoms with Crippen molar-refractivity contribution in [2.45, 2.75) is 25.9 Å². The van der Waals surface area contributed by atoms with Crippen LogP contribution in [-0.4, -0.2) is 59.1 Å². The van der Waals surface area contributed by atoms with Crippen LogP contribution in [0.15, 0.2) is 30.3 Å². The molecule has 1 aromatic rings. The zero-order chi connectivity index (χ0) is 17.3. The first kappa shape index (κ1) is 16.5. The number of carbonyl (C=O) groups is 3. The molecule has 2 unspecified atom stereocenters. The Morgan fingerprint density at radius 3 is 2.50 bits per heavy atom. The molecule has 3 amide bonds. The second-order valence-corrected chi connectivity index (χ2v) is 6.72. The Kier molecular flexibility index (Phi) is 4.55. The molecule has 1 aromatic carbocycles. The third-order valence-electron chi connectivity index (χ3n) is 4.85. The topological polar surface area (TPSA) is 60.9 Å². The summed E-state index contributed by atoms with van der Waals surface area (Å²) in [5.74, 6) is -0.832. The molecule has 0 aromatic heterocycles. The second kappa shape index (κ2) is 6.63. The van der Waals surface area contributed by atoms with E-state index in [9.17, 15) is 14.4 Å². The summed E-state index contributed by atoms with van der Waals surface area (Å²) in [5.41, 5.74) is 0.832. The normalized spacial score (nSPS) is 24.4. The number of piperidine rings is 1. The average Bonchev–Trinajstić information content (AvgIpc) is 2.89. The van der Waals surface area contributed by atoms with Crippen LogP contribution >= 0.6 is 0 Å². The SMILES string of the molecule is CC1CCCN(C(=O)C(=O)N2CC(=O)N(C)C2c2ccccc2)C1. The van der Waals surface area contributed by atoms with Gasteiger partial charge in [0.2, 0.25) is 5.91 Å². The van der Waals surface area contributed by atoms with Gasteiger partial charge in [-0.2, -0.15) is 0 Å². The zero-order valence-corrected chi connectivity index (χ0v) is 14.1. The lowest BCUT2D eigenvalue weighted by Gasteiger charge is -2.33. The van der Waals surface area contributed by atoms with E-state index in [1.54, 1.807) is 11.9 Å². The van der Waals surface area contributed by atoms with Crippen molar-refractivity contribution in [3.63, 3.8) is 0 Å². The number of carbonyl (C=O) groups excluding carboxylic acids is 3. The molecular weight excluding hydrogens is 306 g/mol. The van der Waals surface area contributed by atoms with Gasteiger partial charge in [0.15, 0.2) is 0 Å². The van der Waals surface area contributed by atoms with Gasteiger partial charge in [-0.3, -0.25) is 14.4 Å². The maximum atomic E-state index is 12.8. The fraction of sp³-hybridized carbons (Fsp3) is 0.500. The van der Waals surface area contributed by atoms with E-state index in [4.69, 9.17) is 0 Å². The quantitative estimate of drug-likeness (QED) is 0.729. The molecule has 0 radical (unpaired) electrons. The molecule has 3 rings (SSSR count). The first-order valence-corrected chi connectivity index (χ1v) is 8.39. The highest BCUT2D eigenvalue weighted by molar-refractivity contribution is 6.35. The van der Waals surface area contributed by atoms with Crippen molar-refractivity contribution in [1.29, 1.82) is 0 Å². The molecule has 24 heavy (non-hydrogen) atoms. The first-order chi connectivity index (χ1) is 11.5. The molecule has 0 saturated carbocycles. The van der Waals surface area contributed by atoms with E-state index >= 15 is 0 Å². The average molecular weight is 329 g/mol. The predicted molar refractivity (Wildman–Crippen MR) is 88.6 cm³/mol. The third kappa shape index (κ3) is 3.00. The molecular formula is C18H23N3O3. The van der Waals surface area contributed by atoms with Gasteiger partial charge in [-0.15, -0.1) is 0 Å². The minimum Gasteiger partial charge on any atom is -0.334 e. The molecule has 6 heteroatoms. The molecule has 2 aliphatic rings. The van der Waals surface area contributed by atoms with E-state index < -0.39 is 18.0 Å². The number of benzene rings is 1. The van der Waals surface area contributed by atoms with Crippen LogP contribution in [-0.2, 0) is 14.4 Å². The maximum Gasteiger partial charge on any atom is 0.314 e. The maximum absolute atomic E-state index is 12.8. The smallest absolute Gasteiger partial charge is 0.314 e. The van der Waals surface area contributed by atoms with Crippen LogP contribution in [0.2, 0.25) is 0 Å². The van der Waals surface area contributed by atoms with E-state index in [-0.39, 0.29) is 12.5 Å². The van der Waals surface area contributed by atoms with Gasteiger partial charge in [0, 0.05) is 20.1 Å². The number of rotatable bonds is 1. The first-order valence-electron chi connectivity index (χ1n) is 8.39. The Balaban J connectivity index is 1.82. The highest BCUT2D eigenvalue weighted by Gasteiger charge is 2.42. The highest BCUT2D eigenvalue weighted by Crippen LogP contribution is 2.30. The summed E-state index contributed by atoms with van der Waals surface area (Å²) < 4.78 is 0. The van der Waals surface area contributed by atoms with Crippen molar-refractivity contribution in [2.24, 2.45) is 5.92 Å². The Hall–Kier alpha value is -2.37. The van der Waals surface area contributed by atoms with Crippen LogP contribution < -0.4 is 0 Å². The van der Waals surface area contributed by atoms with Gasteiger partial charge in [-0.25, -0.2) is 0 Å². The van der Waals surface area contributed by atoms with Crippen molar-refractivity contribution < 1.29 is 14.4 Å². The number of likely N-dealkylation sites (N-methyl/N-ethyl adjacent to an activating group) is 1. The van der Waals surface area contributed by atoms with Crippen molar-refractivity contribution in [1.82, 2.24) is 14.7 Å². The number of amides is 3. The van der Waals surface area contributed by atoms with Crippen LogP contribution in [0.3, 0.4) is 0 Å². The Labute approximate surface area is 142 Å². The van der Waals surface area contributed by atoms with Crippen molar-refractivity contribution >= 4 is 17.7 Å². The molecule has 2 saturated heterocycles. The monoisotopic (exact) mass is 329 g/mol. The summed E-state index contributed by atoms with van der Waals surface area (Å²) >= 11 is 0. The fourth-order valence-corrected chi connectivity index (χ4v) is 3.53. The summed E-state index contributed by atoms with van der Waals surface area (Å²) in [5, 5.41) is 0. The van der Waals surface area contributed by atoms with Crippen LogP contribution in [0.5, 0.6) is 0 Å². The number of likely N-dealkylation sites (tertiary alicyclic amines) is 1. The summed E-state index contributed by atoms with van der Waals surface area (Å²) in [7, 11) is 1.67. The van der Waals surface area contributed by atoms with Gasteiger partial charge >= 0.3 is 11.8 Å². The summed E-state index contributed by atoms with van der Waals surface area (Å²) in [6.07, 6.45) is 1.48. The molecule has 2 aliphatic heterocycles. The molecule has 0 bridgehead atoms. The van der Waals surface area contributed by atoms with Crippen LogP contribution in [0, 0.1) is 5.92 Å². The number of nitrogens with zero attached hydrogens (tertiary/aromatic N) is 3. The molecule has 2 atom stereocenters. The van der Waals surface area contributed by atoms with Crippen LogP contribution in [0.4, 0.5) is 0 Å². The molecule has 0 N–H and O–H groups in total. The molecule has 0 spiro atoms. The molecule has 128 valence electrons. The Morgan fingerprint density at radius 1 is 1.12 bits per heavy atom. The van der Waals surface area contributed by atoms with Gasteiger partial charge in [0.1, 0.15) is 12.7 Å². The van der Waals surface area contributed by atoms with Gasteiger partial charge in [-0.1, -0.05) is 37.3 Å². The third-order valence-corrected chi connectivity index (χ3v) is 4.85. The van der Waals surface area contributed by atoms with Crippen molar-refractivity contribution in [2.75, 3.05) is 26.7 Å². The lowest BCUT2D eigenvalue weighted by Crippen LogP contribution is -2.48. The summed E-state index contributed by atoms with van der Waals surface area (Å²) in [6, 6.07) is 9.35. The predicted octanol–water partition coefficient (Wildman–Crippen LogP) is 1.24. The second-order valence-electron chi connectivity index (χ2n) is 6.72. The van der Waals surface area contributed by atoms with E-state index in [2.05, 4.69) is 6.92 Å². The van der Waals surface area contributed by atoms with Gasteiger partial charge < -0.3 is 14.7 Å². The molecule has 2 fully saturated rings. The highest BCUT2D eigenvalue weighted by atomic mass is 16.2. The minimum absolute atomic E-state index is 0.0516. The standard InChI is InChI=1S/C18H23N3O3/c1-13-7-6-10-20(11-13)17(23)18(24)21-12-15(22)19(2)16(21)14-8-4-3-5-9-14/h3-5,8-9,13,16H,6-7,10-12H2,1-2H3. The van der Waals surface area contributed by atoms with E-state index in [1.807, 2.05) is 30.3 Å². The van der Waals surface area contributed by atoms with Crippen LogP contribution in [0.1, 0.15) is 31.5 Å². The fourth-order valence-electron chi connectivity index (χ4n) is 3.53. The van der Waals surface area contributed by atoms with E-state index in [0.29, 0.717) is 19.0 Å². The van der Waals surface area contributed by atoms with Crippen LogP contribution in [0.25, 0.3) is 0 Å². The van der Waals surface area contributed by atoms with E-state index in [0.717, 1.165) is 18.4 Å². The van der Waals surface area contributed by atoms with Gasteiger partial charge in [0.05, 0.1) is 0 Å². The number of hydrogen-bond donors (Lipinski definition) is 0. The van der Waals surface area contributed by atoms with Crippen molar-refractivity contribution in [3.05, 3.63) is 35.9 Å². The van der Waals surface area contributed by atoms with E-state index in [1.165, 1.54) is 9.80 Å². The van der Waals surface area contributed by atoms with Gasteiger partial charge in [-0.05, 0) is 24.3 Å². The summed E-state index contributed by atoms with van der Waals surface area (Å²) in [6.45, 7) is 3.26. The zero-order valence-electron chi connectivity index (χ0n) is 14.1. The minimum atomic E-state index is -0.587. The number of hydrogen-bond acceptors (Lipinski definition) is 3. The lowest BCUT2D eigenvalue weighted by molar-refractivity contribution is -0.154. The summed E-state index contributed by atoms with van der Waals surface area (Å²) in [4.78, 5) is 42.1. The lowest BCUT2D eigenvalue weighted by atomic mass is 10.0. The molecule has 0 aliphatic carbocycles. The van der Waals surface area contributed by atoms with Gasteiger partial charge in [0.25, 0.3) is 0 Å². The molecule has 6 nitrogen and oxygen atoms in total. The molecule has 2 heterocycles. The Morgan fingerprint density at radius 2 is 1.83 bits per heavy atom.